The minimum Gasteiger partial charge on any atom is -0.464 e. The fourth-order valence-electron chi connectivity index (χ4n) is 3.35. The number of fused-ring (bicyclic) bond motifs is 2. The van der Waals surface area contributed by atoms with E-state index < -0.39 is 6.08 Å². The van der Waals surface area contributed by atoms with E-state index in [9.17, 15) is 9.18 Å². The molecule has 4 heterocycles. The molecule has 0 bridgehead atoms. The van der Waals surface area contributed by atoms with Crippen LogP contribution in [0.25, 0.3) is 10.9 Å². The van der Waals surface area contributed by atoms with Crippen molar-refractivity contribution in [3.63, 3.8) is 0 Å². The zero-order chi connectivity index (χ0) is 17.3. The number of esters is 1. The van der Waals surface area contributed by atoms with Crippen LogP contribution in [-0.2, 0) is 16.0 Å². The van der Waals surface area contributed by atoms with Crippen LogP contribution >= 0.6 is 0 Å². The summed E-state index contributed by atoms with van der Waals surface area (Å²) in [7, 11) is 0. The van der Waals surface area contributed by atoms with Crippen LogP contribution in [0.5, 0.6) is 0 Å². The lowest BCUT2D eigenvalue weighted by Crippen LogP contribution is -2.36. The smallest absolute Gasteiger partial charge is 0.311 e. The van der Waals surface area contributed by atoms with E-state index in [-0.39, 0.29) is 18.6 Å². The lowest BCUT2D eigenvalue weighted by molar-refractivity contribution is -0.142. The largest absolute Gasteiger partial charge is 0.464 e. The predicted molar refractivity (Wildman–Crippen MR) is 88.4 cm³/mol. The first-order valence-electron chi connectivity index (χ1n) is 8.38. The highest BCUT2D eigenvalue weighted by atomic mass is 19.1. The summed E-state index contributed by atoms with van der Waals surface area (Å²) in [5.74, 6) is 0.319. The fourth-order valence-corrected chi connectivity index (χ4v) is 3.35. The summed E-state index contributed by atoms with van der Waals surface area (Å²) in [6.07, 6.45) is 1.02. The van der Waals surface area contributed by atoms with E-state index in [0.29, 0.717) is 30.7 Å². The van der Waals surface area contributed by atoms with Crippen LogP contribution in [0.3, 0.4) is 0 Å². The molecule has 2 aliphatic heterocycles. The highest BCUT2D eigenvalue weighted by Crippen LogP contribution is 2.34. The zero-order valence-electron chi connectivity index (χ0n) is 14.2. The van der Waals surface area contributed by atoms with E-state index in [1.54, 1.807) is 6.07 Å². The standard InChI is InChI=1S/C15H15FN4O2.C2H6/c1-8-6-11-13-10(17-8)3-2-9-7-12(21)22-5-4-20(9)14(13)19-15(16)18-11;1-2/h6,9H,2-5,7H2,1H3;1-2H3. The molecule has 1 fully saturated rings. The van der Waals surface area contributed by atoms with Crippen molar-refractivity contribution in [1.82, 2.24) is 15.0 Å². The SMILES string of the molecule is CC.Cc1cc2nc(F)nc3c2c(n1)CCC1CC(=O)OCCN31. The third-order valence-corrected chi connectivity index (χ3v) is 4.26. The van der Waals surface area contributed by atoms with Gasteiger partial charge in [-0.1, -0.05) is 13.8 Å². The van der Waals surface area contributed by atoms with Gasteiger partial charge in [-0.05, 0) is 25.8 Å². The third-order valence-electron chi connectivity index (χ3n) is 4.26. The van der Waals surface area contributed by atoms with Crippen LogP contribution < -0.4 is 4.90 Å². The number of carbonyl (C=O) groups excluding carboxylic acids is 1. The molecule has 128 valence electrons. The van der Waals surface area contributed by atoms with Crippen molar-refractivity contribution >= 4 is 22.7 Å². The molecule has 2 aliphatic rings. The number of cyclic esters (lactones) is 1. The Morgan fingerprint density at radius 3 is 2.88 bits per heavy atom. The number of hydrogen-bond acceptors (Lipinski definition) is 6. The van der Waals surface area contributed by atoms with Crippen LogP contribution in [0.15, 0.2) is 6.07 Å². The minimum absolute atomic E-state index is 0.0398. The zero-order valence-corrected chi connectivity index (χ0v) is 14.2. The Hall–Kier alpha value is -2.31. The van der Waals surface area contributed by atoms with Gasteiger partial charge in [-0.25, -0.2) is 4.98 Å². The molecule has 0 saturated carbocycles. The van der Waals surface area contributed by atoms with Gasteiger partial charge in [0, 0.05) is 11.7 Å². The number of aromatic nitrogens is 3. The fraction of sp³-hybridized carbons (Fsp3) is 0.529. The van der Waals surface area contributed by atoms with Gasteiger partial charge in [-0.3, -0.25) is 9.78 Å². The monoisotopic (exact) mass is 332 g/mol. The number of hydrogen-bond donors (Lipinski definition) is 0. The molecule has 4 rings (SSSR count). The van der Waals surface area contributed by atoms with Gasteiger partial charge in [0.05, 0.1) is 29.6 Å². The highest BCUT2D eigenvalue weighted by Gasteiger charge is 2.32. The van der Waals surface area contributed by atoms with Crippen molar-refractivity contribution in [3.05, 3.63) is 23.5 Å². The molecule has 0 amide bonds. The quantitative estimate of drug-likeness (QED) is 0.545. The topological polar surface area (TPSA) is 68.2 Å². The van der Waals surface area contributed by atoms with Gasteiger partial charge in [0.25, 0.3) is 0 Å². The molecule has 0 aromatic carbocycles. The molecule has 6 nitrogen and oxygen atoms in total. The lowest BCUT2D eigenvalue weighted by atomic mass is 10.1. The maximum absolute atomic E-state index is 13.9. The molecule has 0 radical (unpaired) electrons. The summed E-state index contributed by atoms with van der Waals surface area (Å²) in [5.41, 5.74) is 2.26. The van der Waals surface area contributed by atoms with E-state index in [1.807, 2.05) is 25.7 Å². The van der Waals surface area contributed by atoms with Gasteiger partial charge in [-0.15, -0.1) is 0 Å². The number of ether oxygens (including phenoxy) is 1. The Morgan fingerprint density at radius 1 is 1.29 bits per heavy atom. The summed E-state index contributed by atoms with van der Waals surface area (Å²) in [5, 5.41) is 0.795. The molecule has 0 aliphatic carbocycles. The third kappa shape index (κ3) is 2.90. The molecule has 1 saturated heterocycles. The Balaban J connectivity index is 0.000000815. The summed E-state index contributed by atoms with van der Waals surface area (Å²) < 4.78 is 19.0. The first kappa shape index (κ1) is 16.5. The average molecular weight is 332 g/mol. The maximum atomic E-state index is 13.9. The molecule has 7 heteroatoms. The van der Waals surface area contributed by atoms with E-state index in [1.165, 1.54) is 0 Å². The number of pyridine rings is 1. The number of carbonyl (C=O) groups is 1. The van der Waals surface area contributed by atoms with Crippen molar-refractivity contribution in [3.8, 4) is 0 Å². The van der Waals surface area contributed by atoms with Crippen molar-refractivity contribution < 1.29 is 13.9 Å². The van der Waals surface area contributed by atoms with Crippen LogP contribution in [0.1, 0.15) is 38.1 Å². The Bertz CT molecular complexity index is 776. The van der Waals surface area contributed by atoms with Crippen molar-refractivity contribution in [2.24, 2.45) is 0 Å². The molecule has 24 heavy (non-hydrogen) atoms. The van der Waals surface area contributed by atoms with Crippen LogP contribution in [0.2, 0.25) is 0 Å². The van der Waals surface area contributed by atoms with Gasteiger partial charge in [0.15, 0.2) is 0 Å². The number of halogens is 1. The Kier molecular flexibility index (Phi) is 4.59. The van der Waals surface area contributed by atoms with Gasteiger partial charge in [0.1, 0.15) is 12.4 Å². The van der Waals surface area contributed by atoms with Crippen molar-refractivity contribution in [2.75, 3.05) is 18.1 Å². The Morgan fingerprint density at radius 2 is 2.08 bits per heavy atom. The molecule has 1 unspecified atom stereocenters. The number of nitrogens with zero attached hydrogens (tertiary/aromatic N) is 4. The molecule has 2 aromatic heterocycles. The summed E-state index contributed by atoms with van der Waals surface area (Å²) in [4.78, 5) is 26.2. The van der Waals surface area contributed by atoms with E-state index in [0.717, 1.165) is 23.2 Å². The maximum Gasteiger partial charge on any atom is 0.311 e. The average Bonchev–Trinajstić information content (AvgIpc) is 2.81. The van der Waals surface area contributed by atoms with Gasteiger partial charge >= 0.3 is 12.0 Å². The molecule has 0 N–H and O–H groups in total. The van der Waals surface area contributed by atoms with Gasteiger partial charge < -0.3 is 9.64 Å². The molecule has 2 aromatic rings. The van der Waals surface area contributed by atoms with Crippen molar-refractivity contribution in [1.29, 1.82) is 0 Å². The molecular formula is C17H21FN4O2. The summed E-state index contributed by atoms with van der Waals surface area (Å²) in [6.45, 7) is 6.67. The number of aryl methyl sites for hydroxylation is 2. The van der Waals surface area contributed by atoms with Crippen LogP contribution in [0, 0.1) is 13.0 Å². The highest BCUT2D eigenvalue weighted by molar-refractivity contribution is 5.92. The van der Waals surface area contributed by atoms with Gasteiger partial charge in [-0.2, -0.15) is 9.37 Å². The second-order valence-electron chi connectivity index (χ2n) is 5.73. The molecule has 1 atom stereocenters. The first-order chi connectivity index (χ1) is 11.6. The van der Waals surface area contributed by atoms with Crippen LogP contribution in [-0.4, -0.2) is 40.1 Å². The van der Waals surface area contributed by atoms with E-state index >= 15 is 0 Å². The molecular weight excluding hydrogens is 311 g/mol. The summed E-state index contributed by atoms with van der Waals surface area (Å²) >= 11 is 0. The number of rotatable bonds is 0. The Labute approximate surface area is 140 Å². The van der Waals surface area contributed by atoms with Crippen LogP contribution in [0.4, 0.5) is 10.2 Å². The van der Waals surface area contributed by atoms with Crippen molar-refractivity contribution in [2.45, 2.75) is 46.1 Å². The second-order valence-corrected chi connectivity index (χ2v) is 5.73. The van der Waals surface area contributed by atoms with E-state index in [4.69, 9.17) is 4.74 Å². The first-order valence-corrected chi connectivity index (χ1v) is 8.38. The molecule has 0 spiro atoms. The van der Waals surface area contributed by atoms with E-state index in [2.05, 4.69) is 15.0 Å². The normalized spacial score (nSPS) is 19.6. The minimum atomic E-state index is -0.754. The number of anilines is 1. The lowest BCUT2D eigenvalue weighted by Gasteiger charge is -2.28. The second kappa shape index (κ2) is 6.67. The van der Waals surface area contributed by atoms with Gasteiger partial charge in [0.2, 0.25) is 0 Å². The predicted octanol–water partition coefficient (Wildman–Crippen LogP) is 2.57. The summed E-state index contributed by atoms with van der Waals surface area (Å²) in [6, 6.07) is 1.73.